The van der Waals surface area contributed by atoms with Crippen LogP contribution >= 0.6 is 39.3 Å². The fourth-order valence-electron chi connectivity index (χ4n) is 3.80. The van der Waals surface area contributed by atoms with Gasteiger partial charge >= 0.3 is 0 Å². The van der Waals surface area contributed by atoms with Crippen LogP contribution < -0.4 is 14.8 Å². The molecule has 1 aliphatic rings. The Morgan fingerprint density at radius 1 is 1.13 bits per heavy atom. The first-order valence-electron chi connectivity index (χ1n) is 11.5. The third-order valence-electron chi connectivity index (χ3n) is 5.71. The number of rotatable bonds is 8. The normalized spacial score (nSPS) is 14.2. The van der Waals surface area contributed by atoms with Gasteiger partial charge in [-0.2, -0.15) is 0 Å². The average molecular weight is 616 g/mol. The Morgan fingerprint density at radius 2 is 1.89 bits per heavy atom. The van der Waals surface area contributed by atoms with Crippen LogP contribution in [-0.2, 0) is 16.2 Å². The van der Waals surface area contributed by atoms with Gasteiger partial charge in [0.25, 0.3) is 11.1 Å². The van der Waals surface area contributed by atoms with Crippen molar-refractivity contribution in [2.45, 2.75) is 20.5 Å². The lowest BCUT2D eigenvalue weighted by Crippen LogP contribution is -2.36. The van der Waals surface area contributed by atoms with Crippen molar-refractivity contribution in [2.75, 3.05) is 19.0 Å². The van der Waals surface area contributed by atoms with Crippen molar-refractivity contribution >= 4 is 68.1 Å². The molecule has 196 valence electrons. The van der Waals surface area contributed by atoms with Crippen LogP contribution in [0.3, 0.4) is 0 Å². The van der Waals surface area contributed by atoms with Gasteiger partial charge in [-0.3, -0.25) is 19.3 Å². The minimum atomic E-state index is -0.537. The van der Waals surface area contributed by atoms with Gasteiger partial charge < -0.3 is 14.8 Å². The van der Waals surface area contributed by atoms with Crippen molar-refractivity contribution in [2.24, 2.45) is 0 Å². The minimum absolute atomic E-state index is 0.202. The molecular weight excluding hydrogens is 592 g/mol. The van der Waals surface area contributed by atoms with E-state index in [4.69, 9.17) is 21.1 Å². The Bertz CT molecular complexity index is 1460. The van der Waals surface area contributed by atoms with E-state index in [2.05, 4.69) is 21.2 Å². The largest absolute Gasteiger partial charge is 0.493 e. The number of nitrogens with one attached hydrogen (secondary N) is 1. The minimum Gasteiger partial charge on any atom is -0.493 e. The van der Waals surface area contributed by atoms with Crippen LogP contribution in [0.4, 0.5) is 10.5 Å². The molecule has 0 saturated carbocycles. The van der Waals surface area contributed by atoms with Gasteiger partial charge in [0.1, 0.15) is 13.2 Å². The van der Waals surface area contributed by atoms with E-state index in [1.165, 1.54) is 7.11 Å². The molecule has 1 heterocycles. The maximum atomic E-state index is 13.0. The molecule has 10 heteroatoms. The number of thioether (sulfide) groups is 1. The van der Waals surface area contributed by atoms with Gasteiger partial charge in [0.15, 0.2) is 11.5 Å². The Hall–Kier alpha value is -3.27. The number of amides is 3. The average Bonchev–Trinajstić information content (AvgIpc) is 3.13. The summed E-state index contributed by atoms with van der Waals surface area (Å²) in [6.45, 7) is 3.69. The zero-order valence-corrected chi connectivity index (χ0v) is 24.0. The summed E-state index contributed by atoms with van der Waals surface area (Å²) in [5.41, 5.74) is 4.04. The van der Waals surface area contributed by atoms with Crippen molar-refractivity contribution in [1.29, 1.82) is 0 Å². The van der Waals surface area contributed by atoms with Crippen LogP contribution in [0.2, 0.25) is 5.02 Å². The van der Waals surface area contributed by atoms with Crippen LogP contribution in [0, 0.1) is 13.8 Å². The number of imide groups is 1. The second kappa shape index (κ2) is 12.1. The molecule has 0 unspecified atom stereocenters. The highest BCUT2D eigenvalue weighted by Crippen LogP contribution is 2.39. The van der Waals surface area contributed by atoms with Gasteiger partial charge in [-0.15, -0.1) is 0 Å². The summed E-state index contributed by atoms with van der Waals surface area (Å²) < 4.78 is 12.1. The fraction of sp³-hybridized carbons (Fsp3) is 0.179. The van der Waals surface area contributed by atoms with Crippen LogP contribution in [0.1, 0.15) is 22.3 Å². The van der Waals surface area contributed by atoms with Crippen molar-refractivity contribution in [1.82, 2.24) is 4.90 Å². The van der Waals surface area contributed by atoms with Gasteiger partial charge in [-0.05, 0) is 83.0 Å². The zero-order chi connectivity index (χ0) is 27.4. The Morgan fingerprint density at radius 3 is 2.61 bits per heavy atom. The highest BCUT2D eigenvalue weighted by molar-refractivity contribution is 9.10. The Labute approximate surface area is 238 Å². The molecule has 4 rings (SSSR count). The van der Waals surface area contributed by atoms with E-state index in [1.807, 2.05) is 44.2 Å². The smallest absolute Gasteiger partial charge is 0.294 e. The van der Waals surface area contributed by atoms with E-state index in [-0.39, 0.29) is 18.1 Å². The summed E-state index contributed by atoms with van der Waals surface area (Å²) in [6, 6.07) is 16.5. The molecule has 3 aromatic rings. The number of ether oxygens (including phenoxy) is 2. The maximum absolute atomic E-state index is 13.0. The number of methoxy groups -OCH3 is 1. The predicted molar refractivity (Wildman–Crippen MR) is 154 cm³/mol. The lowest BCUT2D eigenvalue weighted by atomic mass is 10.1. The van der Waals surface area contributed by atoms with Crippen molar-refractivity contribution in [3.05, 3.63) is 91.3 Å². The fourth-order valence-corrected chi connectivity index (χ4v) is 5.41. The number of carbonyl (C=O) groups excluding carboxylic acids is 3. The van der Waals surface area contributed by atoms with Crippen LogP contribution in [0.15, 0.2) is 64.0 Å². The maximum Gasteiger partial charge on any atom is 0.294 e. The molecule has 0 radical (unpaired) electrons. The molecule has 3 amide bonds. The molecule has 1 saturated heterocycles. The zero-order valence-electron chi connectivity index (χ0n) is 20.8. The molecule has 1 fully saturated rings. The van der Waals surface area contributed by atoms with Gasteiger partial charge in [-0.25, -0.2) is 0 Å². The molecule has 0 bridgehead atoms. The highest BCUT2D eigenvalue weighted by Gasteiger charge is 2.36. The van der Waals surface area contributed by atoms with Crippen LogP contribution in [0.5, 0.6) is 11.5 Å². The van der Waals surface area contributed by atoms with Crippen molar-refractivity contribution in [3.63, 3.8) is 0 Å². The van der Waals surface area contributed by atoms with E-state index in [1.54, 1.807) is 30.3 Å². The van der Waals surface area contributed by atoms with E-state index in [0.717, 1.165) is 33.4 Å². The summed E-state index contributed by atoms with van der Waals surface area (Å²) in [5, 5.41) is 2.85. The SMILES string of the molecule is COc1cc(/C=C2/SC(=O)N(CC(=O)Nc3ccc(C)cc3C)C2=O)cc(Br)c1OCc1ccccc1Cl. The van der Waals surface area contributed by atoms with Gasteiger partial charge in [-0.1, -0.05) is 47.5 Å². The summed E-state index contributed by atoms with van der Waals surface area (Å²) >= 11 is 10.5. The molecular formula is C28H24BrClN2O5S. The quantitative estimate of drug-likeness (QED) is 0.275. The number of halogens is 2. The van der Waals surface area contributed by atoms with Crippen LogP contribution in [-0.4, -0.2) is 35.6 Å². The molecule has 7 nitrogen and oxygen atoms in total. The molecule has 3 aromatic carbocycles. The number of aryl methyl sites for hydroxylation is 2. The standard InChI is InChI=1S/C28H24BrClN2O5S/c1-16-8-9-22(17(2)10-16)31-25(33)14-32-27(34)24(38-28(32)35)13-18-11-20(29)26(23(12-18)36-3)37-15-19-6-4-5-7-21(19)30/h4-13H,14-15H2,1-3H3,(H,31,33)/b24-13+. The van der Waals surface area contributed by atoms with Crippen LogP contribution in [0.25, 0.3) is 6.08 Å². The second-order valence-corrected chi connectivity index (χ2v) is 10.8. The summed E-state index contributed by atoms with van der Waals surface area (Å²) in [4.78, 5) is 39.2. The number of benzene rings is 3. The van der Waals surface area contributed by atoms with Gasteiger partial charge in [0.2, 0.25) is 5.91 Å². The first-order chi connectivity index (χ1) is 18.2. The summed E-state index contributed by atoms with van der Waals surface area (Å²) in [6.07, 6.45) is 1.58. The second-order valence-electron chi connectivity index (χ2n) is 8.55. The molecule has 1 aliphatic heterocycles. The lowest BCUT2D eigenvalue weighted by molar-refractivity contribution is -0.127. The number of anilines is 1. The lowest BCUT2D eigenvalue weighted by Gasteiger charge is -2.14. The molecule has 0 aliphatic carbocycles. The first kappa shape index (κ1) is 27.8. The number of nitrogens with zero attached hydrogens (tertiary/aromatic N) is 1. The summed E-state index contributed by atoms with van der Waals surface area (Å²) in [5.74, 6) is -0.0830. The molecule has 0 spiro atoms. The predicted octanol–water partition coefficient (Wildman–Crippen LogP) is 6.98. The Balaban J connectivity index is 1.48. The van der Waals surface area contributed by atoms with E-state index in [9.17, 15) is 14.4 Å². The highest BCUT2D eigenvalue weighted by atomic mass is 79.9. The topological polar surface area (TPSA) is 84.9 Å². The number of carbonyl (C=O) groups is 3. The molecule has 0 aromatic heterocycles. The third-order valence-corrected chi connectivity index (χ3v) is 7.58. The van der Waals surface area contributed by atoms with E-state index >= 15 is 0 Å². The van der Waals surface area contributed by atoms with Crippen molar-refractivity contribution in [3.8, 4) is 11.5 Å². The van der Waals surface area contributed by atoms with E-state index < -0.39 is 17.1 Å². The first-order valence-corrected chi connectivity index (χ1v) is 13.5. The van der Waals surface area contributed by atoms with E-state index in [0.29, 0.717) is 32.2 Å². The number of hydrogen-bond acceptors (Lipinski definition) is 6. The molecule has 0 atom stereocenters. The van der Waals surface area contributed by atoms with Crippen molar-refractivity contribution < 1.29 is 23.9 Å². The van der Waals surface area contributed by atoms with Gasteiger partial charge in [0, 0.05) is 16.3 Å². The third kappa shape index (κ3) is 6.40. The monoisotopic (exact) mass is 614 g/mol. The Kier molecular flexibility index (Phi) is 8.81. The molecule has 1 N–H and O–H groups in total. The summed E-state index contributed by atoms with van der Waals surface area (Å²) in [7, 11) is 1.51. The molecule has 38 heavy (non-hydrogen) atoms. The van der Waals surface area contributed by atoms with Gasteiger partial charge in [0.05, 0.1) is 16.5 Å². The number of hydrogen-bond donors (Lipinski definition) is 1.